The molecule has 4 nitrogen and oxygen atoms in total. The van der Waals surface area contributed by atoms with E-state index in [0.29, 0.717) is 22.5 Å². The summed E-state index contributed by atoms with van der Waals surface area (Å²) in [4.78, 5) is 0.282. The lowest BCUT2D eigenvalue weighted by Gasteiger charge is -2.12. The maximum Gasteiger partial charge on any atom is 0.176 e. The van der Waals surface area contributed by atoms with Gasteiger partial charge in [-0.3, -0.25) is 0 Å². The highest BCUT2D eigenvalue weighted by Gasteiger charge is 2.17. The first kappa shape index (κ1) is 10.8. The monoisotopic (exact) mass is 214 g/mol. The lowest BCUT2D eigenvalue weighted by atomic mass is 10.1. The van der Waals surface area contributed by atoms with Crippen LogP contribution in [0.15, 0.2) is 11.0 Å². The number of rotatable bonds is 1. The number of nitrogens with two attached hydrogens (primary N) is 2. The summed E-state index contributed by atoms with van der Waals surface area (Å²) < 4.78 is 22.9. The maximum atomic E-state index is 11.4. The molecule has 0 aliphatic carbocycles. The van der Waals surface area contributed by atoms with Gasteiger partial charge in [-0.05, 0) is 31.0 Å². The Labute approximate surface area is 83.8 Å². The molecule has 1 rings (SSSR count). The SMILES string of the molecule is Cc1cc(N)c(N)c(C)c1S(C)(=O)=O. The standard InChI is InChI=1S/C9H14N2O2S/c1-5-4-7(10)8(11)6(2)9(5)14(3,12)13/h4H,10-11H2,1-3H3. The second kappa shape index (κ2) is 3.16. The Kier molecular flexibility index (Phi) is 2.45. The molecule has 0 bridgehead atoms. The van der Waals surface area contributed by atoms with E-state index < -0.39 is 9.84 Å². The Hall–Kier alpha value is -1.23. The van der Waals surface area contributed by atoms with Crippen LogP contribution in [-0.4, -0.2) is 14.7 Å². The smallest absolute Gasteiger partial charge is 0.176 e. The third-order valence-corrected chi connectivity index (χ3v) is 3.53. The summed E-state index contributed by atoms with van der Waals surface area (Å²) >= 11 is 0. The van der Waals surface area contributed by atoms with Gasteiger partial charge in [-0.25, -0.2) is 8.42 Å². The summed E-state index contributed by atoms with van der Waals surface area (Å²) in [5, 5.41) is 0. The average Bonchev–Trinajstić information content (AvgIpc) is 1.97. The fourth-order valence-corrected chi connectivity index (χ4v) is 2.89. The summed E-state index contributed by atoms with van der Waals surface area (Å²) in [5.41, 5.74) is 13.2. The Balaban J connectivity index is 3.70. The van der Waals surface area contributed by atoms with Crippen LogP contribution in [0, 0.1) is 13.8 Å². The molecule has 0 aromatic heterocycles. The van der Waals surface area contributed by atoms with Gasteiger partial charge in [-0.2, -0.15) is 0 Å². The first-order chi connectivity index (χ1) is 6.25. The molecule has 5 heteroatoms. The average molecular weight is 214 g/mol. The van der Waals surface area contributed by atoms with Crippen molar-refractivity contribution in [2.45, 2.75) is 18.7 Å². The van der Waals surface area contributed by atoms with Gasteiger partial charge in [-0.1, -0.05) is 0 Å². The van der Waals surface area contributed by atoms with Gasteiger partial charge in [0.05, 0.1) is 16.3 Å². The van der Waals surface area contributed by atoms with Crippen molar-refractivity contribution in [2.24, 2.45) is 0 Å². The van der Waals surface area contributed by atoms with Crippen LogP contribution in [0.1, 0.15) is 11.1 Å². The molecule has 0 saturated heterocycles. The van der Waals surface area contributed by atoms with E-state index in [1.807, 2.05) is 0 Å². The zero-order valence-corrected chi connectivity index (χ0v) is 9.27. The molecule has 0 aliphatic rings. The van der Waals surface area contributed by atoms with E-state index in [9.17, 15) is 8.42 Å². The largest absolute Gasteiger partial charge is 0.397 e. The van der Waals surface area contributed by atoms with Crippen molar-refractivity contribution in [3.8, 4) is 0 Å². The summed E-state index contributed by atoms with van der Waals surface area (Å²) in [6, 6.07) is 1.58. The van der Waals surface area contributed by atoms with Crippen LogP contribution in [0.25, 0.3) is 0 Å². The molecular weight excluding hydrogens is 200 g/mol. The van der Waals surface area contributed by atoms with Crippen molar-refractivity contribution in [3.63, 3.8) is 0 Å². The van der Waals surface area contributed by atoms with Gasteiger partial charge >= 0.3 is 0 Å². The van der Waals surface area contributed by atoms with Crippen LogP contribution in [-0.2, 0) is 9.84 Å². The Morgan fingerprint density at radius 3 is 2.14 bits per heavy atom. The van der Waals surface area contributed by atoms with Gasteiger partial charge in [0.1, 0.15) is 0 Å². The van der Waals surface area contributed by atoms with E-state index in [2.05, 4.69) is 0 Å². The number of benzene rings is 1. The van der Waals surface area contributed by atoms with E-state index in [4.69, 9.17) is 11.5 Å². The van der Waals surface area contributed by atoms with Crippen molar-refractivity contribution in [1.82, 2.24) is 0 Å². The quantitative estimate of drug-likeness (QED) is 0.679. The van der Waals surface area contributed by atoms with Crippen molar-refractivity contribution in [2.75, 3.05) is 17.7 Å². The highest BCUT2D eigenvalue weighted by atomic mass is 32.2. The van der Waals surface area contributed by atoms with Crippen molar-refractivity contribution < 1.29 is 8.42 Å². The Bertz CT molecular complexity index is 478. The molecule has 0 atom stereocenters. The van der Waals surface area contributed by atoms with Crippen molar-refractivity contribution in [3.05, 3.63) is 17.2 Å². The van der Waals surface area contributed by atoms with Crippen LogP contribution < -0.4 is 11.5 Å². The third kappa shape index (κ3) is 1.68. The van der Waals surface area contributed by atoms with Gasteiger partial charge in [-0.15, -0.1) is 0 Å². The van der Waals surface area contributed by atoms with Gasteiger partial charge in [0.25, 0.3) is 0 Å². The second-order valence-corrected chi connectivity index (χ2v) is 5.38. The molecule has 0 saturated carbocycles. The van der Waals surface area contributed by atoms with E-state index in [1.165, 1.54) is 0 Å². The molecule has 14 heavy (non-hydrogen) atoms. The van der Waals surface area contributed by atoms with Gasteiger partial charge in [0.2, 0.25) is 0 Å². The van der Waals surface area contributed by atoms with Crippen LogP contribution in [0.4, 0.5) is 11.4 Å². The first-order valence-electron chi connectivity index (χ1n) is 4.10. The van der Waals surface area contributed by atoms with E-state index in [-0.39, 0.29) is 4.90 Å². The molecule has 0 unspecified atom stereocenters. The predicted octanol–water partition coefficient (Wildman–Crippen LogP) is 0.871. The van der Waals surface area contributed by atoms with E-state index in [1.54, 1.807) is 19.9 Å². The molecular formula is C9H14N2O2S. The summed E-state index contributed by atoms with van der Waals surface area (Å²) in [6.07, 6.45) is 1.16. The zero-order chi connectivity index (χ0) is 11.1. The minimum atomic E-state index is -3.24. The number of hydrogen-bond acceptors (Lipinski definition) is 4. The summed E-state index contributed by atoms with van der Waals surface area (Å²) in [5.74, 6) is 0. The zero-order valence-electron chi connectivity index (χ0n) is 8.46. The summed E-state index contributed by atoms with van der Waals surface area (Å²) in [6.45, 7) is 3.37. The molecule has 0 fully saturated rings. The van der Waals surface area contributed by atoms with E-state index in [0.717, 1.165) is 6.26 Å². The van der Waals surface area contributed by atoms with Crippen molar-refractivity contribution >= 4 is 21.2 Å². The summed E-state index contributed by atoms with van der Waals surface area (Å²) in [7, 11) is -3.24. The highest BCUT2D eigenvalue weighted by Crippen LogP contribution is 2.29. The number of hydrogen-bond donors (Lipinski definition) is 2. The number of nitrogen functional groups attached to an aromatic ring is 2. The fraction of sp³-hybridized carbons (Fsp3) is 0.333. The van der Waals surface area contributed by atoms with Gasteiger partial charge in [0.15, 0.2) is 9.84 Å². The normalized spacial score (nSPS) is 11.6. The maximum absolute atomic E-state index is 11.4. The fourth-order valence-electron chi connectivity index (χ4n) is 1.58. The predicted molar refractivity (Wildman–Crippen MR) is 57.9 cm³/mol. The van der Waals surface area contributed by atoms with Crippen LogP contribution >= 0.6 is 0 Å². The minimum absolute atomic E-state index is 0.282. The van der Waals surface area contributed by atoms with Gasteiger partial charge in [0, 0.05) is 6.26 Å². The Morgan fingerprint density at radius 2 is 1.71 bits per heavy atom. The molecule has 0 spiro atoms. The molecule has 0 amide bonds. The number of sulfone groups is 1. The Morgan fingerprint density at radius 1 is 1.21 bits per heavy atom. The molecule has 78 valence electrons. The lowest BCUT2D eigenvalue weighted by molar-refractivity contribution is 0.601. The molecule has 1 aromatic rings. The molecule has 0 heterocycles. The molecule has 0 aliphatic heterocycles. The molecule has 1 aromatic carbocycles. The number of aryl methyl sites for hydroxylation is 1. The van der Waals surface area contributed by atoms with Crippen LogP contribution in [0.2, 0.25) is 0 Å². The van der Waals surface area contributed by atoms with Crippen LogP contribution in [0.5, 0.6) is 0 Å². The van der Waals surface area contributed by atoms with Gasteiger partial charge < -0.3 is 11.5 Å². The topological polar surface area (TPSA) is 86.2 Å². The molecule has 4 N–H and O–H groups in total. The van der Waals surface area contributed by atoms with E-state index >= 15 is 0 Å². The minimum Gasteiger partial charge on any atom is -0.397 e. The third-order valence-electron chi connectivity index (χ3n) is 2.16. The lowest BCUT2D eigenvalue weighted by Crippen LogP contribution is -2.07. The van der Waals surface area contributed by atoms with Crippen molar-refractivity contribution in [1.29, 1.82) is 0 Å². The molecule has 0 radical (unpaired) electrons. The second-order valence-electron chi connectivity index (χ2n) is 3.42. The highest BCUT2D eigenvalue weighted by molar-refractivity contribution is 7.90. The number of anilines is 2. The first-order valence-corrected chi connectivity index (χ1v) is 5.99. The van der Waals surface area contributed by atoms with Crippen LogP contribution in [0.3, 0.4) is 0 Å².